The summed E-state index contributed by atoms with van der Waals surface area (Å²) < 4.78 is 40.2. The summed E-state index contributed by atoms with van der Waals surface area (Å²) in [6.07, 6.45) is -0.440. The number of carbonyl (C=O) groups is 1. The zero-order valence-electron chi connectivity index (χ0n) is 11.9. The second-order valence-electron chi connectivity index (χ2n) is 4.80. The van der Waals surface area contributed by atoms with Crippen LogP contribution in [0.25, 0.3) is 5.65 Å². The minimum absolute atomic E-state index is 0.111. The van der Waals surface area contributed by atoms with Crippen molar-refractivity contribution in [3.8, 4) is 0 Å². The molecule has 0 saturated heterocycles. The quantitative estimate of drug-likeness (QED) is 0.784. The number of fused-ring (bicyclic) bond motifs is 1. The Bertz CT molecular complexity index is 895. The maximum Gasteiger partial charge on any atom is 0.420 e. The van der Waals surface area contributed by atoms with Crippen LogP contribution in [0.3, 0.4) is 0 Å². The van der Waals surface area contributed by atoms with Crippen LogP contribution < -0.4 is 5.32 Å². The van der Waals surface area contributed by atoms with Gasteiger partial charge in [0.2, 0.25) is 0 Å². The van der Waals surface area contributed by atoms with Crippen LogP contribution in [0.15, 0.2) is 36.8 Å². The standard InChI is InChI=1S/C14H9ClF3N5O/c15-9-5-10(14(16,17)18)12-22-21-11(23(12)7-9)6-20-13(24)8-1-3-19-4-2-8/h1-5,7H,6H2,(H,20,24). The molecule has 0 atom stereocenters. The molecule has 3 rings (SSSR count). The molecule has 24 heavy (non-hydrogen) atoms. The van der Waals surface area contributed by atoms with Gasteiger partial charge in [-0.1, -0.05) is 11.6 Å². The summed E-state index contributed by atoms with van der Waals surface area (Å²) in [7, 11) is 0. The van der Waals surface area contributed by atoms with E-state index >= 15 is 0 Å². The van der Waals surface area contributed by atoms with E-state index in [-0.39, 0.29) is 23.0 Å². The van der Waals surface area contributed by atoms with E-state index in [4.69, 9.17) is 11.6 Å². The van der Waals surface area contributed by atoms with Crippen LogP contribution in [0.1, 0.15) is 21.7 Å². The molecule has 0 saturated carbocycles. The van der Waals surface area contributed by atoms with Crippen molar-refractivity contribution in [2.24, 2.45) is 0 Å². The van der Waals surface area contributed by atoms with Crippen LogP contribution >= 0.6 is 11.6 Å². The van der Waals surface area contributed by atoms with E-state index in [1.165, 1.54) is 30.7 Å². The monoisotopic (exact) mass is 355 g/mol. The van der Waals surface area contributed by atoms with Crippen molar-refractivity contribution in [1.82, 2.24) is 24.9 Å². The average molecular weight is 356 g/mol. The number of hydrogen-bond acceptors (Lipinski definition) is 4. The number of nitrogens with one attached hydrogen (secondary N) is 1. The van der Waals surface area contributed by atoms with Crippen LogP contribution in [0, 0.1) is 0 Å². The SMILES string of the molecule is O=C(NCc1nnc2c(C(F)(F)F)cc(Cl)cn12)c1ccncc1. The molecule has 1 amide bonds. The lowest BCUT2D eigenvalue weighted by Gasteiger charge is -2.09. The number of nitrogens with zero attached hydrogens (tertiary/aromatic N) is 4. The molecule has 0 aromatic carbocycles. The summed E-state index contributed by atoms with van der Waals surface area (Å²) in [5, 5.41) is 9.70. The van der Waals surface area contributed by atoms with Gasteiger partial charge in [-0.2, -0.15) is 13.2 Å². The van der Waals surface area contributed by atoms with Crippen molar-refractivity contribution in [2.45, 2.75) is 12.7 Å². The Morgan fingerprint density at radius 3 is 2.62 bits per heavy atom. The average Bonchev–Trinajstić information content (AvgIpc) is 2.94. The first-order valence-electron chi connectivity index (χ1n) is 6.65. The highest BCUT2D eigenvalue weighted by molar-refractivity contribution is 6.30. The third-order valence-electron chi connectivity index (χ3n) is 3.20. The van der Waals surface area contributed by atoms with Gasteiger partial charge in [-0.3, -0.25) is 14.2 Å². The van der Waals surface area contributed by atoms with Gasteiger partial charge in [-0.15, -0.1) is 10.2 Å². The summed E-state index contributed by atoms with van der Waals surface area (Å²) in [4.78, 5) is 15.8. The molecule has 0 fully saturated rings. The topological polar surface area (TPSA) is 72.2 Å². The fourth-order valence-electron chi connectivity index (χ4n) is 2.10. The normalized spacial score (nSPS) is 11.7. The van der Waals surface area contributed by atoms with Crippen LogP contribution in [0.5, 0.6) is 0 Å². The van der Waals surface area contributed by atoms with E-state index in [9.17, 15) is 18.0 Å². The zero-order chi connectivity index (χ0) is 17.3. The van der Waals surface area contributed by atoms with Gasteiger partial charge >= 0.3 is 6.18 Å². The Balaban J connectivity index is 1.89. The highest BCUT2D eigenvalue weighted by Gasteiger charge is 2.35. The van der Waals surface area contributed by atoms with Gasteiger partial charge in [0.15, 0.2) is 11.5 Å². The predicted octanol–water partition coefficient (Wildman–Crippen LogP) is 2.73. The van der Waals surface area contributed by atoms with Crippen LogP contribution in [0.2, 0.25) is 5.02 Å². The molecule has 3 aromatic rings. The number of rotatable bonds is 3. The molecule has 1 N–H and O–H groups in total. The van der Waals surface area contributed by atoms with Gasteiger partial charge in [0.1, 0.15) is 5.56 Å². The third kappa shape index (κ3) is 3.16. The number of hydrogen-bond donors (Lipinski definition) is 1. The molecule has 0 unspecified atom stereocenters. The largest absolute Gasteiger partial charge is 0.420 e. The molecule has 124 valence electrons. The summed E-state index contributed by atoms with van der Waals surface area (Å²) >= 11 is 5.75. The molecule has 6 nitrogen and oxygen atoms in total. The lowest BCUT2D eigenvalue weighted by Crippen LogP contribution is -2.24. The van der Waals surface area contributed by atoms with Crippen molar-refractivity contribution in [2.75, 3.05) is 0 Å². The Hall–Kier alpha value is -2.68. The smallest absolute Gasteiger partial charge is 0.345 e. The molecule has 3 aromatic heterocycles. The molecule has 0 aliphatic rings. The van der Waals surface area contributed by atoms with E-state index in [0.29, 0.717) is 5.56 Å². The first-order chi connectivity index (χ1) is 11.4. The lowest BCUT2D eigenvalue weighted by atomic mass is 10.2. The fraction of sp³-hybridized carbons (Fsp3) is 0.143. The number of aromatic nitrogens is 4. The van der Waals surface area contributed by atoms with E-state index in [0.717, 1.165) is 10.5 Å². The van der Waals surface area contributed by atoms with Crippen molar-refractivity contribution in [3.05, 3.63) is 58.8 Å². The molecular weight excluding hydrogens is 347 g/mol. The third-order valence-corrected chi connectivity index (χ3v) is 3.40. The predicted molar refractivity (Wildman–Crippen MR) is 78.4 cm³/mol. The molecular formula is C14H9ClF3N5O. The first-order valence-corrected chi connectivity index (χ1v) is 7.02. The molecule has 3 heterocycles. The van der Waals surface area contributed by atoms with Gasteiger partial charge in [-0.05, 0) is 18.2 Å². The van der Waals surface area contributed by atoms with Crippen LogP contribution in [0.4, 0.5) is 13.2 Å². The van der Waals surface area contributed by atoms with E-state index in [2.05, 4.69) is 20.5 Å². The van der Waals surface area contributed by atoms with Gasteiger partial charge in [0, 0.05) is 24.2 Å². The van der Waals surface area contributed by atoms with Crippen molar-refractivity contribution < 1.29 is 18.0 Å². The maximum atomic E-state index is 13.0. The number of amides is 1. The highest BCUT2D eigenvalue weighted by atomic mass is 35.5. The number of pyridine rings is 2. The molecule has 0 spiro atoms. The molecule has 0 aliphatic heterocycles. The fourth-order valence-corrected chi connectivity index (χ4v) is 2.31. The summed E-state index contributed by atoms with van der Waals surface area (Å²) in [5.74, 6) is -0.285. The molecule has 0 bridgehead atoms. The summed E-state index contributed by atoms with van der Waals surface area (Å²) in [5.41, 5.74) is -0.998. The van der Waals surface area contributed by atoms with Crippen molar-refractivity contribution >= 4 is 23.2 Å². The Kier molecular flexibility index (Phi) is 4.10. The Labute approximate surface area is 138 Å². The van der Waals surface area contributed by atoms with Crippen LogP contribution in [-0.2, 0) is 12.7 Å². The minimum Gasteiger partial charge on any atom is -0.345 e. The lowest BCUT2D eigenvalue weighted by molar-refractivity contribution is -0.136. The zero-order valence-corrected chi connectivity index (χ0v) is 12.6. The second kappa shape index (κ2) is 6.08. The molecule has 0 radical (unpaired) electrons. The van der Waals surface area contributed by atoms with E-state index < -0.39 is 17.6 Å². The van der Waals surface area contributed by atoms with Crippen molar-refractivity contribution in [1.29, 1.82) is 0 Å². The Morgan fingerprint density at radius 1 is 1.25 bits per heavy atom. The summed E-state index contributed by atoms with van der Waals surface area (Å²) in [6.45, 7) is -0.111. The first kappa shape index (κ1) is 16.2. The van der Waals surface area contributed by atoms with Crippen molar-refractivity contribution in [3.63, 3.8) is 0 Å². The van der Waals surface area contributed by atoms with Gasteiger partial charge in [0.05, 0.1) is 11.6 Å². The van der Waals surface area contributed by atoms with Gasteiger partial charge in [0.25, 0.3) is 5.91 Å². The minimum atomic E-state index is -4.61. The second-order valence-corrected chi connectivity index (χ2v) is 5.23. The van der Waals surface area contributed by atoms with E-state index in [1.807, 2.05) is 0 Å². The Morgan fingerprint density at radius 2 is 1.96 bits per heavy atom. The van der Waals surface area contributed by atoms with Gasteiger partial charge < -0.3 is 5.32 Å². The number of alkyl halides is 3. The van der Waals surface area contributed by atoms with E-state index in [1.54, 1.807) is 0 Å². The summed E-state index contributed by atoms with van der Waals surface area (Å²) in [6, 6.07) is 3.80. The maximum absolute atomic E-state index is 13.0. The van der Waals surface area contributed by atoms with Crippen LogP contribution in [-0.4, -0.2) is 25.5 Å². The van der Waals surface area contributed by atoms with Gasteiger partial charge in [-0.25, -0.2) is 0 Å². The highest BCUT2D eigenvalue weighted by Crippen LogP contribution is 2.33. The molecule has 10 heteroatoms. The number of halogens is 4. The number of carbonyl (C=O) groups excluding carboxylic acids is 1. The molecule has 0 aliphatic carbocycles.